The molecular formula is C14H22N4. The fraction of sp³-hybridized carbons (Fsp3) is 0.429. The first kappa shape index (κ1) is 14.4. The predicted octanol–water partition coefficient (Wildman–Crippen LogP) is -0.303. The van der Waals surface area contributed by atoms with Gasteiger partial charge in [0.1, 0.15) is 5.35 Å². The highest BCUT2D eigenvalue weighted by molar-refractivity contribution is 5.42. The number of nitrogens with zero attached hydrogens (tertiary/aromatic N) is 3. The molecule has 0 radical (unpaired) electrons. The van der Waals surface area contributed by atoms with Crippen LogP contribution in [0, 0.1) is 0 Å². The van der Waals surface area contributed by atoms with Crippen LogP contribution < -0.4 is 21.5 Å². The van der Waals surface area contributed by atoms with Crippen molar-refractivity contribution in [3.63, 3.8) is 0 Å². The number of rotatable bonds is 4. The number of nitrogens with one attached hydrogen (secondary N) is 1. The molecule has 0 unspecified atom stereocenters. The highest BCUT2D eigenvalue weighted by Crippen LogP contribution is 1.90. The normalized spacial score (nSPS) is 14.3. The minimum Gasteiger partial charge on any atom is -0.327 e. The van der Waals surface area contributed by atoms with Gasteiger partial charge in [0, 0.05) is 13.6 Å². The van der Waals surface area contributed by atoms with Crippen LogP contribution in [0.2, 0.25) is 0 Å². The smallest absolute Gasteiger partial charge is 0.154 e. The average Bonchev–Trinajstić information content (AvgIpc) is 2.37. The SMILES string of the molecule is C=c1cnc(=C/C(C)=C/C)/c(=N\CCNC)n1C. The molecule has 4 heteroatoms. The molecule has 4 nitrogen and oxygen atoms in total. The third-order valence-electron chi connectivity index (χ3n) is 2.77. The summed E-state index contributed by atoms with van der Waals surface area (Å²) in [5, 5.41) is 4.82. The Morgan fingerprint density at radius 3 is 2.94 bits per heavy atom. The first-order valence-corrected chi connectivity index (χ1v) is 6.11. The number of aromatic nitrogens is 2. The fourth-order valence-electron chi connectivity index (χ4n) is 1.46. The molecule has 1 rings (SSSR count). The van der Waals surface area contributed by atoms with Crippen LogP contribution in [-0.2, 0) is 7.05 Å². The Labute approximate surface area is 108 Å². The van der Waals surface area contributed by atoms with Crippen LogP contribution in [0.25, 0.3) is 12.7 Å². The molecule has 0 atom stereocenters. The van der Waals surface area contributed by atoms with Gasteiger partial charge in [-0.3, -0.25) is 9.98 Å². The molecule has 1 heterocycles. The summed E-state index contributed by atoms with van der Waals surface area (Å²) in [6, 6.07) is 0. The lowest BCUT2D eigenvalue weighted by Gasteiger charge is -2.02. The van der Waals surface area contributed by atoms with E-state index < -0.39 is 0 Å². The van der Waals surface area contributed by atoms with Crippen LogP contribution in [0.3, 0.4) is 0 Å². The summed E-state index contributed by atoms with van der Waals surface area (Å²) in [6.45, 7) is 9.59. The van der Waals surface area contributed by atoms with Gasteiger partial charge in [-0.05, 0) is 27.0 Å². The molecule has 0 aromatic carbocycles. The van der Waals surface area contributed by atoms with E-state index in [1.54, 1.807) is 6.20 Å². The largest absolute Gasteiger partial charge is 0.327 e. The predicted molar refractivity (Wildman–Crippen MR) is 76.2 cm³/mol. The van der Waals surface area contributed by atoms with Crippen molar-refractivity contribution in [3.8, 4) is 0 Å². The molecule has 0 aliphatic carbocycles. The topological polar surface area (TPSA) is 42.2 Å². The van der Waals surface area contributed by atoms with Crippen molar-refractivity contribution in [2.45, 2.75) is 13.8 Å². The zero-order chi connectivity index (χ0) is 13.5. The molecule has 0 saturated carbocycles. The fourth-order valence-corrected chi connectivity index (χ4v) is 1.46. The van der Waals surface area contributed by atoms with Gasteiger partial charge in [0.05, 0.1) is 18.1 Å². The molecule has 0 aliphatic heterocycles. The molecule has 0 fully saturated rings. The minimum absolute atomic E-state index is 0.727. The summed E-state index contributed by atoms with van der Waals surface area (Å²) < 4.78 is 1.97. The third-order valence-corrected chi connectivity index (χ3v) is 2.77. The van der Waals surface area contributed by atoms with Gasteiger partial charge in [0.15, 0.2) is 5.49 Å². The van der Waals surface area contributed by atoms with Crippen LogP contribution in [-0.4, -0.2) is 29.7 Å². The lowest BCUT2D eigenvalue weighted by Crippen LogP contribution is -2.44. The van der Waals surface area contributed by atoms with Crippen LogP contribution in [0.4, 0.5) is 0 Å². The molecule has 1 aromatic heterocycles. The Morgan fingerprint density at radius 1 is 1.61 bits per heavy atom. The number of hydrogen-bond donors (Lipinski definition) is 1. The van der Waals surface area contributed by atoms with E-state index in [9.17, 15) is 0 Å². The maximum Gasteiger partial charge on any atom is 0.154 e. The van der Waals surface area contributed by atoms with Gasteiger partial charge >= 0.3 is 0 Å². The van der Waals surface area contributed by atoms with E-state index in [1.807, 2.05) is 31.7 Å². The Balaban J connectivity index is 3.44. The lowest BCUT2D eigenvalue weighted by molar-refractivity contribution is 0.724. The molecule has 0 bridgehead atoms. The van der Waals surface area contributed by atoms with Gasteiger partial charge in [-0.2, -0.15) is 0 Å². The van der Waals surface area contributed by atoms with Gasteiger partial charge in [0.25, 0.3) is 0 Å². The number of likely N-dealkylation sites (N-methyl/N-ethyl adjacent to an activating group) is 1. The standard InChI is InChI=1S/C14H22N4/c1-6-11(2)9-13-14(16-8-7-15-4)18(5)12(3)10-17-13/h6,9-10,15H,3,7-8H2,1-2,4-5H3/b11-6+,13-9+,16-14+. The van der Waals surface area contributed by atoms with Crippen molar-refractivity contribution in [3.05, 3.63) is 34.0 Å². The average molecular weight is 246 g/mol. The summed E-state index contributed by atoms with van der Waals surface area (Å²) in [5.41, 5.74) is 2.04. The molecule has 18 heavy (non-hydrogen) atoms. The monoisotopic (exact) mass is 246 g/mol. The quantitative estimate of drug-likeness (QED) is 0.741. The van der Waals surface area contributed by atoms with Crippen molar-refractivity contribution >= 4 is 12.7 Å². The molecule has 98 valence electrons. The van der Waals surface area contributed by atoms with Crippen LogP contribution in [0.1, 0.15) is 13.8 Å². The molecule has 0 spiro atoms. The van der Waals surface area contributed by atoms with Crippen LogP contribution in [0.15, 0.2) is 22.8 Å². The molecule has 1 aromatic rings. The molecule has 0 saturated heterocycles. The van der Waals surface area contributed by atoms with Gasteiger partial charge in [-0.1, -0.05) is 18.2 Å². The lowest BCUT2D eigenvalue weighted by atomic mass is 10.2. The van der Waals surface area contributed by atoms with Crippen molar-refractivity contribution < 1.29 is 0 Å². The zero-order valence-electron chi connectivity index (χ0n) is 11.7. The van der Waals surface area contributed by atoms with Crippen molar-refractivity contribution in [1.29, 1.82) is 0 Å². The Kier molecular flexibility index (Phi) is 5.52. The van der Waals surface area contributed by atoms with E-state index in [4.69, 9.17) is 0 Å². The van der Waals surface area contributed by atoms with Crippen molar-refractivity contribution in [1.82, 2.24) is 14.9 Å². The highest BCUT2D eigenvalue weighted by Gasteiger charge is 1.94. The van der Waals surface area contributed by atoms with E-state index in [0.29, 0.717) is 0 Å². The van der Waals surface area contributed by atoms with Gasteiger partial charge in [-0.15, -0.1) is 0 Å². The van der Waals surface area contributed by atoms with Crippen LogP contribution in [0.5, 0.6) is 0 Å². The Hall–Kier alpha value is -1.68. The van der Waals surface area contributed by atoms with Crippen molar-refractivity contribution in [2.24, 2.45) is 12.0 Å². The van der Waals surface area contributed by atoms with E-state index in [1.165, 1.54) is 5.57 Å². The minimum atomic E-state index is 0.727. The maximum absolute atomic E-state index is 4.58. The van der Waals surface area contributed by atoms with Gasteiger partial charge < -0.3 is 9.88 Å². The molecule has 0 aliphatic rings. The second-order valence-corrected chi connectivity index (χ2v) is 4.18. The first-order chi connectivity index (χ1) is 8.60. The van der Waals surface area contributed by atoms with Crippen LogP contribution >= 0.6 is 0 Å². The number of hydrogen-bond acceptors (Lipinski definition) is 3. The first-order valence-electron chi connectivity index (χ1n) is 6.11. The summed E-state index contributed by atoms with van der Waals surface area (Å²) in [6.07, 6.45) is 5.86. The molecular weight excluding hydrogens is 224 g/mol. The second-order valence-electron chi connectivity index (χ2n) is 4.18. The van der Waals surface area contributed by atoms with E-state index in [-0.39, 0.29) is 0 Å². The zero-order valence-corrected chi connectivity index (χ0v) is 11.7. The summed E-state index contributed by atoms with van der Waals surface area (Å²) >= 11 is 0. The third kappa shape index (κ3) is 3.67. The van der Waals surface area contributed by atoms with Gasteiger partial charge in [-0.25, -0.2) is 0 Å². The van der Waals surface area contributed by atoms with E-state index >= 15 is 0 Å². The maximum atomic E-state index is 4.58. The van der Waals surface area contributed by atoms with E-state index in [2.05, 4.69) is 34.9 Å². The Morgan fingerprint density at radius 2 is 2.33 bits per heavy atom. The molecule has 1 N–H and O–H groups in total. The van der Waals surface area contributed by atoms with Gasteiger partial charge in [0.2, 0.25) is 0 Å². The Bertz CT molecular complexity index is 593. The molecule has 0 amide bonds. The number of allylic oxidation sites excluding steroid dienone is 2. The second kappa shape index (κ2) is 6.91. The summed E-state index contributed by atoms with van der Waals surface area (Å²) in [7, 11) is 3.88. The van der Waals surface area contributed by atoms with Crippen molar-refractivity contribution in [2.75, 3.05) is 20.1 Å². The highest BCUT2D eigenvalue weighted by atomic mass is 15.0. The van der Waals surface area contributed by atoms with E-state index in [0.717, 1.165) is 29.3 Å². The summed E-state index contributed by atoms with van der Waals surface area (Å²) in [4.78, 5) is 8.99. The summed E-state index contributed by atoms with van der Waals surface area (Å²) in [5.74, 6) is 0.